The van der Waals surface area contributed by atoms with Gasteiger partial charge in [-0.2, -0.15) is 0 Å². The largest absolute Gasteiger partial charge is 0.493 e. The van der Waals surface area contributed by atoms with Crippen LogP contribution in [0.25, 0.3) is 6.08 Å². The molecule has 0 fully saturated rings. The number of rotatable bonds is 6. The summed E-state index contributed by atoms with van der Waals surface area (Å²) < 4.78 is 15.9. The standard InChI is InChI=1S/C25H27NO5/c1-7-31-25(28)23-17(4)26(19-10-8-15(2)16(3)12-19)24(27)20(23)13-18-9-11-21(29-5)22(14-18)30-6/h8-14H,7H2,1-6H3/b20-13-. The fourth-order valence-electron chi connectivity index (χ4n) is 3.57. The monoisotopic (exact) mass is 421 g/mol. The summed E-state index contributed by atoms with van der Waals surface area (Å²) in [6, 6.07) is 11.1. The number of allylic oxidation sites excluding steroid dienone is 1. The molecule has 31 heavy (non-hydrogen) atoms. The van der Waals surface area contributed by atoms with Crippen LogP contribution >= 0.6 is 0 Å². The van der Waals surface area contributed by atoms with E-state index in [1.807, 2.05) is 32.0 Å². The van der Waals surface area contributed by atoms with E-state index in [1.165, 1.54) is 0 Å². The molecule has 0 N–H and O–H groups in total. The highest BCUT2D eigenvalue weighted by molar-refractivity contribution is 6.23. The summed E-state index contributed by atoms with van der Waals surface area (Å²) in [7, 11) is 3.11. The molecule has 0 atom stereocenters. The average molecular weight is 421 g/mol. The Morgan fingerprint density at radius 2 is 1.68 bits per heavy atom. The van der Waals surface area contributed by atoms with Gasteiger partial charge in [-0.15, -0.1) is 0 Å². The van der Waals surface area contributed by atoms with Crippen molar-refractivity contribution in [3.63, 3.8) is 0 Å². The van der Waals surface area contributed by atoms with Crippen LogP contribution in [-0.2, 0) is 14.3 Å². The summed E-state index contributed by atoms with van der Waals surface area (Å²) >= 11 is 0. The third-order valence-corrected chi connectivity index (χ3v) is 5.35. The minimum atomic E-state index is -0.522. The van der Waals surface area contributed by atoms with Crippen LogP contribution in [0.15, 0.2) is 53.2 Å². The van der Waals surface area contributed by atoms with Gasteiger partial charge in [0.15, 0.2) is 11.5 Å². The maximum absolute atomic E-state index is 13.5. The van der Waals surface area contributed by atoms with Gasteiger partial charge in [-0.05, 0) is 74.7 Å². The minimum absolute atomic E-state index is 0.219. The van der Waals surface area contributed by atoms with Gasteiger partial charge in [0.05, 0.1) is 32.0 Å². The van der Waals surface area contributed by atoms with E-state index >= 15 is 0 Å². The lowest BCUT2D eigenvalue weighted by Gasteiger charge is -2.19. The second-order valence-electron chi connectivity index (χ2n) is 7.26. The van der Waals surface area contributed by atoms with Crippen molar-refractivity contribution in [1.29, 1.82) is 0 Å². The van der Waals surface area contributed by atoms with E-state index in [4.69, 9.17) is 14.2 Å². The molecule has 3 rings (SSSR count). The van der Waals surface area contributed by atoms with Crippen molar-refractivity contribution in [2.75, 3.05) is 25.7 Å². The van der Waals surface area contributed by atoms with E-state index in [-0.39, 0.29) is 23.7 Å². The maximum atomic E-state index is 13.5. The van der Waals surface area contributed by atoms with E-state index in [0.29, 0.717) is 28.4 Å². The number of ether oxygens (including phenoxy) is 3. The molecule has 6 heteroatoms. The summed E-state index contributed by atoms with van der Waals surface area (Å²) in [5, 5.41) is 0. The quantitative estimate of drug-likeness (QED) is 0.504. The van der Waals surface area contributed by atoms with Crippen molar-refractivity contribution >= 4 is 23.6 Å². The molecule has 6 nitrogen and oxygen atoms in total. The number of hydrogen-bond donors (Lipinski definition) is 0. The lowest BCUT2D eigenvalue weighted by Crippen LogP contribution is -2.24. The Morgan fingerprint density at radius 1 is 0.968 bits per heavy atom. The molecule has 0 radical (unpaired) electrons. The number of benzene rings is 2. The van der Waals surface area contributed by atoms with Crippen LogP contribution < -0.4 is 14.4 Å². The highest BCUT2D eigenvalue weighted by Gasteiger charge is 2.38. The van der Waals surface area contributed by atoms with Gasteiger partial charge in [-0.1, -0.05) is 12.1 Å². The number of carbonyl (C=O) groups is 2. The van der Waals surface area contributed by atoms with Gasteiger partial charge in [0, 0.05) is 11.4 Å². The Bertz CT molecular complexity index is 1100. The third-order valence-electron chi connectivity index (χ3n) is 5.35. The summed E-state index contributed by atoms with van der Waals surface area (Å²) in [5.41, 5.74) is 4.69. The van der Waals surface area contributed by atoms with Crippen LogP contribution in [-0.4, -0.2) is 32.7 Å². The van der Waals surface area contributed by atoms with Crippen LogP contribution in [0.2, 0.25) is 0 Å². The fourth-order valence-corrected chi connectivity index (χ4v) is 3.57. The molecule has 0 aromatic heterocycles. The number of hydrogen-bond acceptors (Lipinski definition) is 5. The molecule has 0 saturated heterocycles. The molecule has 2 aromatic carbocycles. The minimum Gasteiger partial charge on any atom is -0.493 e. The average Bonchev–Trinajstić information content (AvgIpc) is 2.99. The second kappa shape index (κ2) is 9.08. The van der Waals surface area contributed by atoms with Crippen LogP contribution in [0.5, 0.6) is 11.5 Å². The fraction of sp³-hybridized carbons (Fsp3) is 0.280. The van der Waals surface area contributed by atoms with Crippen LogP contribution in [0, 0.1) is 13.8 Å². The van der Waals surface area contributed by atoms with Gasteiger partial charge < -0.3 is 14.2 Å². The molecule has 1 heterocycles. The van der Waals surface area contributed by atoms with Gasteiger partial charge in [-0.25, -0.2) is 4.79 Å². The van der Waals surface area contributed by atoms with E-state index in [2.05, 4.69) is 0 Å². The SMILES string of the molecule is CCOC(=O)C1=C(C)N(c2ccc(C)c(C)c2)C(=O)/C1=C\c1ccc(OC)c(OC)c1. The van der Waals surface area contributed by atoms with Gasteiger partial charge in [0.25, 0.3) is 5.91 Å². The maximum Gasteiger partial charge on any atom is 0.340 e. The zero-order chi connectivity index (χ0) is 22.7. The van der Waals surface area contributed by atoms with Crippen molar-refractivity contribution in [3.05, 3.63) is 69.9 Å². The normalized spacial score (nSPS) is 15.0. The first kappa shape index (κ1) is 22.2. The Balaban J connectivity index is 2.14. The summed E-state index contributed by atoms with van der Waals surface area (Å²) in [6.45, 7) is 7.72. The van der Waals surface area contributed by atoms with Crippen molar-refractivity contribution in [1.82, 2.24) is 0 Å². The van der Waals surface area contributed by atoms with E-state index in [9.17, 15) is 9.59 Å². The van der Waals surface area contributed by atoms with Crippen molar-refractivity contribution in [2.45, 2.75) is 27.7 Å². The predicted octanol–water partition coefficient (Wildman–Crippen LogP) is 4.59. The number of nitrogens with zero attached hydrogens (tertiary/aromatic N) is 1. The number of aryl methyl sites for hydroxylation is 2. The van der Waals surface area contributed by atoms with Gasteiger partial charge in [0.1, 0.15) is 0 Å². The van der Waals surface area contributed by atoms with E-state index in [1.54, 1.807) is 57.2 Å². The predicted molar refractivity (Wildman–Crippen MR) is 120 cm³/mol. The number of anilines is 1. The number of methoxy groups -OCH3 is 2. The molecule has 1 aliphatic heterocycles. The second-order valence-corrected chi connectivity index (χ2v) is 7.26. The molecule has 0 spiro atoms. The summed E-state index contributed by atoms with van der Waals surface area (Å²) in [4.78, 5) is 27.8. The Kier molecular flexibility index (Phi) is 6.49. The molecule has 2 aromatic rings. The van der Waals surface area contributed by atoms with E-state index in [0.717, 1.165) is 11.1 Å². The van der Waals surface area contributed by atoms with Crippen LogP contribution in [0.1, 0.15) is 30.5 Å². The first-order valence-electron chi connectivity index (χ1n) is 10.1. The van der Waals surface area contributed by atoms with Gasteiger partial charge in [0.2, 0.25) is 0 Å². The van der Waals surface area contributed by atoms with Crippen molar-refractivity contribution in [3.8, 4) is 11.5 Å². The third kappa shape index (κ3) is 4.19. The Morgan fingerprint density at radius 3 is 2.29 bits per heavy atom. The molecule has 0 bridgehead atoms. The first-order chi connectivity index (χ1) is 14.8. The highest BCUT2D eigenvalue weighted by atomic mass is 16.5. The Hall–Kier alpha value is -3.54. The number of carbonyl (C=O) groups excluding carboxylic acids is 2. The molecule has 162 valence electrons. The molecular formula is C25H27NO5. The molecule has 1 amide bonds. The summed E-state index contributed by atoms with van der Waals surface area (Å²) in [5.74, 6) is 0.313. The topological polar surface area (TPSA) is 65.1 Å². The van der Waals surface area contributed by atoms with E-state index < -0.39 is 5.97 Å². The van der Waals surface area contributed by atoms with Gasteiger partial charge in [-0.3, -0.25) is 9.69 Å². The zero-order valence-electron chi connectivity index (χ0n) is 18.7. The lowest BCUT2D eigenvalue weighted by molar-refractivity contribution is -0.138. The highest BCUT2D eigenvalue weighted by Crippen LogP contribution is 2.37. The molecule has 0 unspecified atom stereocenters. The number of amides is 1. The lowest BCUT2D eigenvalue weighted by atomic mass is 10.0. The summed E-state index contributed by atoms with van der Waals surface area (Å²) in [6.07, 6.45) is 1.68. The number of esters is 1. The molecule has 1 aliphatic rings. The molecule has 0 aliphatic carbocycles. The smallest absolute Gasteiger partial charge is 0.340 e. The zero-order valence-corrected chi connectivity index (χ0v) is 18.7. The van der Waals surface area contributed by atoms with Crippen molar-refractivity contribution in [2.24, 2.45) is 0 Å². The van der Waals surface area contributed by atoms with Gasteiger partial charge >= 0.3 is 5.97 Å². The molecular weight excluding hydrogens is 394 g/mol. The first-order valence-corrected chi connectivity index (χ1v) is 10.1. The van der Waals surface area contributed by atoms with Crippen molar-refractivity contribution < 1.29 is 23.8 Å². The molecule has 0 saturated carbocycles. The van der Waals surface area contributed by atoms with Crippen LogP contribution in [0.4, 0.5) is 5.69 Å². The van der Waals surface area contributed by atoms with Crippen LogP contribution in [0.3, 0.4) is 0 Å². The Labute approximate surface area is 182 Å².